The lowest BCUT2D eigenvalue weighted by Crippen LogP contribution is -2.54. The summed E-state index contributed by atoms with van der Waals surface area (Å²) in [6.07, 6.45) is 8.66. The molecule has 5 heteroatoms. The van der Waals surface area contributed by atoms with Crippen molar-refractivity contribution in [1.82, 2.24) is 10.2 Å². The lowest BCUT2D eigenvalue weighted by Gasteiger charge is -2.50. The molecule has 3 aliphatic rings. The Morgan fingerprint density at radius 3 is 2.90 bits per heavy atom. The Balaban J connectivity index is 1.47. The number of hydrogen-bond donors (Lipinski definition) is 2. The van der Waals surface area contributed by atoms with Gasteiger partial charge in [0.15, 0.2) is 0 Å². The van der Waals surface area contributed by atoms with Crippen molar-refractivity contribution in [2.24, 2.45) is 5.92 Å². The van der Waals surface area contributed by atoms with Crippen molar-refractivity contribution in [3.8, 4) is 0 Å². The summed E-state index contributed by atoms with van der Waals surface area (Å²) in [7, 11) is 0. The van der Waals surface area contributed by atoms with Crippen LogP contribution >= 0.6 is 0 Å². The van der Waals surface area contributed by atoms with Crippen LogP contribution in [-0.4, -0.2) is 60.4 Å². The molecule has 2 atom stereocenters. The van der Waals surface area contributed by atoms with Crippen LogP contribution in [0.1, 0.15) is 44.9 Å². The van der Waals surface area contributed by atoms with E-state index in [1.807, 2.05) is 0 Å². The molecular formula is C16H28N2O3. The fourth-order valence-corrected chi connectivity index (χ4v) is 4.21. The number of carboxylic acid groups (broad SMARTS) is 1. The molecule has 0 aromatic rings. The molecule has 120 valence electrons. The molecule has 0 aromatic carbocycles. The molecule has 0 radical (unpaired) electrons. The molecule has 0 aromatic heterocycles. The maximum Gasteiger partial charge on any atom is 0.317 e. The zero-order chi connectivity index (χ0) is 14.7. The zero-order valence-electron chi connectivity index (χ0n) is 12.9. The number of piperidine rings is 1. The molecule has 3 rings (SSSR count). The van der Waals surface area contributed by atoms with Crippen LogP contribution in [-0.2, 0) is 9.53 Å². The Kier molecular flexibility index (Phi) is 4.82. The van der Waals surface area contributed by atoms with Gasteiger partial charge < -0.3 is 15.2 Å². The number of rotatable bonds is 5. The Bertz CT molecular complexity index is 371. The highest BCUT2D eigenvalue weighted by Gasteiger charge is 2.44. The van der Waals surface area contributed by atoms with Gasteiger partial charge in [-0.05, 0) is 64.0 Å². The summed E-state index contributed by atoms with van der Waals surface area (Å²) in [5.74, 6) is -0.169. The molecular weight excluding hydrogens is 268 g/mol. The second-order valence-corrected chi connectivity index (χ2v) is 7.06. The minimum absolute atomic E-state index is 0.0802. The predicted octanol–water partition coefficient (Wildman–Crippen LogP) is 1.47. The van der Waals surface area contributed by atoms with E-state index in [1.54, 1.807) is 0 Å². The van der Waals surface area contributed by atoms with Crippen LogP contribution in [0.4, 0.5) is 0 Å². The topological polar surface area (TPSA) is 61.8 Å². The van der Waals surface area contributed by atoms with Gasteiger partial charge in [0.05, 0.1) is 12.1 Å². The molecule has 2 saturated heterocycles. The number of ether oxygens (including phenoxy) is 1. The van der Waals surface area contributed by atoms with Gasteiger partial charge in [-0.1, -0.05) is 0 Å². The SMILES string of the molecule is O=C(O)CNCC1CCCN(C2CCOC3(CCC3)C2)C1. The fraction of sp³-hybridized carbons (Fsp3) is 0.938. The van der Waals surface area contributed by atoms with E-state index in [9.17, 15) is 4.79 Å². The van der Waals surface area contributed by atoms with Gasteiger partial charge in [-0.2, -0.15) is 0 Å². The van der Waals surface area contributed by atoms with Crippen LogP contribution in [0, 0.1) is 5.92 Å². The van der Waals surface area contributed by atoms with Gasteiger partial charge in [0.2, 0.25) is 0 Å². The zero-order valence-corrected chi connectivity index (χ0v) is 12.9. The van der Waals surface area contributed by atoms with Gasteiger partial charge >= 0.3 is 5.97 Å². The fourth-order valence-electron chi connectivity index (χ4n) is 4.21. The predicted molar refractivity (Wildman–Crippen MR) is 80.4 cm³/mol. The molecule has 0 bridgehead atoms. The van der Waals surface area contributed by atoms with E-state index in [2.05, 4.69) is 10.2 Å². The van der Waals surface area contributed by atoms with Gasteiger partial charge in [0.25, 0.3) is 0 Å². The van der Waals surface area contributed by atoms with Crippen molar-refractivity contribution in [3.05, 3.63) is 0 Å². The highest BCUT2D eigenvalue weighted by molar-refractivity contribution is 5.68. The smallest absolute Gasteiger partial charge is 0.317 e. The van der Waals surface area contributed by atoms with Crippen molar-refractivity contribution in [3.63, 3.8) is 0 Å². The van der Waals surface area contributed by atoms with Gasteiger partial charge in [0.1, 0.15) is 0 Å². The molecule has 2 heterocycles. The molecule has 21 heavy (non-hydrogen) atoms. The summed E-state index contributed by atoms with van der Waals surface area (Å²) >= 11 is 0. The van der Waals surface area contributed by atoms with Crippen LogP contribution in [0.5, 0.6) is 0 Å². The molecule has 1 saturated carbocycles. The normalized spacial score (nSPS) is 32.8. The van der Waals surface area contributed by atoms with Crippen molar-refractivity contribution in [1.29, 1.82) is 0 Å². The quantitative estimate of drug-likeness (QED) is 0.804. The van der Waals surface area contributed by atoms with E-state index < -0.39 is 5.97 Å². The lowest BCUT2D eigenvalue weighted by atomic mass is 9.73. The number of aliphatic carboxylic acids is 1. The van der Waals surface area contributed by atoms with Gasteiger partial charge in [-0.25, -0.2) is 0 Å². The van der Waals surface area contributed by atoms with E-state index in [1.165, 1.54) is 45.1 Å². The minimum Gasteiger partial charge on any atom is -0.480 e. The first-order valence-corrected chi connectivity index (χ1v) is 8.47. The average molecular weight is 296 g/mol. The summed E-state index contributed by atoms with van der Waals surface area (Å²) in [5, 5.41) is 11.8. The van der Waals surface area contributed by atoms with Crippen LogP contribution < -0.4 is 5.32 Å². The third-order valence-electron chi connectivity index (χ3n) is 5.51. The lowest BCUT2D eigenvalue weighted by molar-refractivity contribution is -0.151. The van der Waals surface area contributed by atoms with E-state index in [-0.39, 0.29) is 12.1 Å². The van der Waals surface area contributed by atoms with Crippen LogP contribution in [0.2, 0.25) is 0 Å². The summed E-state index contributed by atoms with van der Waals surface area (Å²) in [4.78, 5) is 13.2. The number of carbonyl (C=O) groups is 1. The molecule has 0 amide bonds. The maximum atomic E-state index is 10.6. The van der Waals surface area contributed by atoms with Crippen molar-refractivity contribution in [2.75, 3.05) is 32.8 Å². The van der Waals surface area contributed by atoms with Crippen molar-refractivity contribution in [2.45, 2.75) is 56.6 Å². The number of carboxylic acids is 1. The van der Waals surface area contributed by atoms with Crippen LogP contribution in [0.25, 0.3) is 0 Å². The monoisotopic (exact) mass is 296 g/mol. The minimum atomic E-state index is -0.765. The van der Waals surface area contributed by atoms with E-state index in [0.29, 0.717) is 12.0 Å². The number of nitrogens with zero attached hydrogens (tertiary/aromatic N) is 1. The number of likely N-dealkylation sites (tertiary alicyclic amines) is 1. The van der Waals surface area contributed by atoms with Crippen LogP contribution in [0.15, 0.2) is 0 Å². The first-order chi connectivity index (χ1) is 10.2. The summed E-state index contributed by atoms with van der Waals surface area (Å²) < 4.78 is 6.04. The summed E-state index contributed by atoms with van der Waals surface area (Å²) in [5.41, 5.74) is 0.220. The van der Waals surface area contributed by atoms with Gasteiger partial charge in [-0.15, -0.1) is 0 Å². The standard InChI is InChI=1S/C16H28N2O3/c19-15(20)11-17-10-13-3-1-7-18(12-13)14-4-8-21-16(9-14)5-2-6-16/h13-14,17H,1-12H2,(H,19,20). The molecule has 5 nitrogen and oxygen atoms in total. The highest BCUT2D eigenvalue weighted by atomic mass is 16.5. The molecule has 1 spiro atoms. The van der Waals surface area contributed by atoms with Gasteiger partial charge in [0, 0.05) is 19.2 Å². The van der Waals surface area contributed by atoms with Crippen molar-refractivity contribution < 1.29 is 14.6 Å². The molecule has 2 unspecified atom stereocenters. The highest BCUT2D eigenvalue weighted by Crippen LogP contribution is 2.43. The maximum absolute atomic E-state index is 10.6. The summed E-state index contributed by atoms with van der Waals surface area (Å²) in [6.45, 7) is 4.15. The van der Waals surface area contributed by atoms with Crippen LogP contribution in [0.3, 0.4) is 0 Å². The molecule has 3 fully saturated rings. The second kappa shape index (κ2) is 6.63. The molecule has 2 N–H and O–H groups in total. The van der Waals surface area contributed by atoms with Crippen molar-refractivity contribution >= 4 is 5.97 Å². The Morgan fingerprint density at radius 1 is 1.33 bits per heavy atom. The molecule has 2 aliphatic heterocycles. The molecule has 1 aliphatic carbocycles. The van der Waals surface area contributed by atoms with E-state index >= 15 is 0 Å². The third kappa shape index (κ3) is 3.76. The Hall–Kier alpha value is -0.650. The van der Waals surface area contributed by atoms with Gasteiger partial charge in [-0.3, -0.25) is 9.69 Å². The Morgan fingerprint density at radius 2 is 2.19 bits per heavy atom. The van der Waals surface area contributed by atoms with E-state index in [4.69, 9.17) is 9.84 Å². The first kappa shape index (κ1) is 15.3. The average Bonchev–Trinajstić information content (AvgIpc) is 2.46. The number of hydrogen-bond acceptors (Lipinski definition) is 4. The third-order valence-corrected chi connectivity index (χ3v) is 5.51. The first-order valence-electron chi connectivity index (χ1n) is 8.47. The summed E-state index contributed by atoms with van der Waals surface area (Å²) in [6, 6.07) is 0.682. The Labute approximate surface area is 127 Å². The number of nitrogens with one attached hydrogen (secondary N) is 1. The largest absolute Gasteiger partial charge is 0.480 e. The van der Waals surface area contributed by atoms with E-state index in [0.717, 1.165) is 26.1 Å². The second-order valence-electron chi connectivity index (χ2n) is 7.06.